The van der Waals surface area contributed by atoms with Gasteiger partial charge in [0.15, 0.2) is 0 Å². The smallest absolute Gasteiger partial charge is 0.311 e. The SMILES string of the molecule is COC(=O)C(C)(C)CCCc1cn[nH]c(=O)c1. The average molecular weight is 238 g/mol. The van der Waals surface area contributed by atoms with Crippen LogP contribution in [0.5, 0.6) is 0 Å². The van der Waals surface area contributed by atoms with E-state index in [-0.39, 0.29) is 11.5 Å². The van der Waals surface area contributed by atoms with E-state index < -0.39 is 5.41 Å². The maximum atomic E-state index is 11.4. The molecule has 1 rings (SSSR count). The number of ether oxygens (including phenoxy) is 1. The van der Waals surface area contributed by atoms with Crippen LogP contribution in [-0.4, -0.2) is 23.3 Å². The molecular weight excluding hydrogens is 220 g/mol. The van der Waals surface area contributed by atoms with E-state index in [1.165, 1.54) is 13.2 Å². The summed E-state index contributed by atoms with van der Waals surface area (Å²) < 4.78 is 4.73. The van der Waals surface area contributed by atoms with E-state index in [9.17, 15) is 9.59 Å². The monoisotopic (exact) mass is 238 g/mol. The van der Waals surface area contributed by atoms with Crippen LogP contribution in [0.15, 0.2) is 17.1 Å². The molecule has 5 heteroatoms. The number of hydrogen-bond acceptors (Lipinski definition) is 4. The standard InChI is InChI=1S/C12H18N2O3/c1-12(2,11(16)17-3)6-4-5-9-7-10(15)14-13-8-9/h7-8H,4-6H2,1-3H3,(H,14,15). The minimum atomic E-state index is -0.483. The molecule has 0 atom stereocenters. The number of hydrogen-bond donors (Lipinski definition) is 1. The molecular formula is C12H18N2O3. The van der Waals surface area contributed by atoms with Crippen molar-refractivity contribution in [2.75, 3.05) is 7.11 Å². The lowest BCUT2D eigenvalue weighted by Crippen LogP contribution is -2.25. The molecule has 94 valence electrons. The van der Waals surface area contributed by atoms with Gasteiger partial charge in [-0.05, 0) is 38.7 Å². The van der Waals surface area contributed by atoms with Gasteiger partial charge in [0.25, 0.3) is 5.56 Å². The predicted molar refractivity (Wildman–Crippen MR) is 63.6 cm³/mol. The van der Waals surface area contributed by atoms with Gasteiger partial charge in [0.2, 0.25) is 0 Å². The fraction of sp³-hybridized carbons (Fsp3) is 0.583. The highest BCUT2D eigenvalue weighted by Crippen LogP contribution is 2.24. The van der Waals surface area contributed by atoms with Crippen molar-refractivity contribution in [3.63, 3.8) is 0 Å². The van der Waals surface area contributed by atoms with Gasteiger partial charge < -0.3 is 4.74 Å². The van der Waals surface area contributed by atoms with Crippen molar-refractivity contribution >= 4 is 5.97 Å². The van der Waals surface area contributed by atoms with Crippen LogP contribution in [-0.2, 0) is 16.0 Å². The van der Waals surface area contributed by atoms with Gasteiger partial charge in [-0.15, -0.1) is 0 Å². The lowest BCUT2D eigenvalue weighted by molar-refractivity contribution is -0.151. The third kappa shape index (κ3) is 4.01. The molecule has 0 saturated carbocycles. The molecule has 0 bridgehead atoms. The average Bonchev–Trinajstić information content (AvgIpc) is 2.27. The number of esters is 1. The fourth-order valence-corrected chi connectivity index (χ4v) is 1.67. The van der Waals surface area contributed by atoms with Gasteiger partial charge in [-0.25, -0.2) is 5.10 Å². The highest BCUT2D eigenvalue weighted by atomic mass is 16.5. The molecule has 0 aliphatic carbocycles. The summed E-state index contributed by atoms with van der Waals surface area (Å²) in [6.07, 6.45) is 3.89. The first-order valence-corrected chi connectivity index (χ1v) is 5.58. The second kappa shape index (κ2) is 5.61. The van der Waals surface area contributed by atoms with E-state index in [2.05, 4.69) is 10.2 Å². The van der Waals surface area contributed by atoms with Gasteiger partial charge in [0, 0.05) is 6.07 Å². The van der Waals surface area contributed by atoms with Crippen LogP contribution in [0.1, 0.15) is 32.3 Å². The predicted octanol–water partition coefficient (Wildman–Crippen LogP) is 1.29. The Balaban J connectivity index is 2.48. The summed E-state index contributed by atoms with van der Waals surface area (Å²) in [5.41, 5.74) is 0.202. The van der Waals surface area contributed by atoms with Crippen LogP contribution < -0.4 is 5.56 Å². The second-order valence-corrected chi connectivity index (χ2v) is 4.68. The molecule has 0 spiro atoms. The lowest BCUT2D eigenvalue weighted by atomic mass is 9.87. The van der Waals surface area contributed by atoms with Crippen LogP contribution in [0, 0.1) is 5.41 Å². The van der Waals surface area contributed by atoms with Gasteiger partial charge in [0.1, 0.15) is 0 Å². The molecule has 1 heterocycles. The maximum Gasteiger partial charge on any atom is 0.311 e. The number of aromatic nitrogens is 2. The van der Waals surface area contributed by atoms with E-state index in [1.54, 1.807) is 6.20 Å². The van der Waals surface area contributed by atoms with E-state index >= 15 is 0 Å². The van der Waals surface area contributed by atoms with Crippen LogP contribution in [0.2, 0.25) is 0 Å². The summed E-state index contributed by atoms with van der Waals surface area (Å²) in [5.74, 6) is -0.207. The molecule has 0 amide bonds. The second-order valence-electron chi connectivity index (χ2n) is 4.68. The van der Waals surface area contributed by atoms with Gasteiger partial charge in [0.05, 0.1) is 18.7 Å². The molecule has 0 aromatic carbocycles. The third-order valence-corrected chi connectivity index (χ3v) is 2.73. The number of methoxy groups -OCH3 is 1. The summed E-state index contributed by atoms with van der Waals surface area (Å²) in [7, 11) is 1.39. The van der Waals surface area contributed by atoms with E-state index in [4.69, 9.17) is 4.74 Å². The Morgan fingerprint density at radius 3 is 2.82 bits per heavy atom. The maximum absolute atomic E-state index is 11.4. The molecule has 0 aliphatic rings. The van der Waals surface area contributed by atoms with Crippen molar-refractivity contribution < 1.29 is 9.53 Å². The van der Waals surface area contributed by atoms with Crippen molar-refractivity contribution in [1.82, 2.24) is 10.2 Å². The zero-order chi connectivity index (χ0) is 12.9. The van der Waals surface area contributed by atoms with E-state index in [0.717, 1.165) is 18.4 Å². The molecule has 17 heavy (non-hydrogen) atoms. The largest absolute Gasteiger partial charge is 0.469 e. The van der Waals surface area contributed by atoms with Gasteiger partial charge in [-0.1, -0.05) is 0 Å². The van der Waals surface area contributed by atoms with Crippen molar-refractivity contribution in [1.29, 1.82) is 0 Å². The van der Waals surface area contributed by atoms with Crippen molar-refractivity contribution in [2.45, 2.75) is 33.1 Å². The molecule has 0 unspecified atom stereocenters. The van der Waals surface area contributed by atoms with Crippen LogP contribution in [0.25, 0.3) is 0 Å². The Bertz CT molecular complexity index is 437. The molecule has 5 nitrogen and oxygen atoms in total. The van der Waals surface area contributed by atoms with Crippen LogP contribution in [0.4, 0.5) is 0 Å². The third-order valence-electron chi connectivity index (χ3n) is 2.73. The Morgan fingerprint density at radius 1 is 1.53 bits per heavy atom. The molecule has 0 aliphatic heterocycles. The number of nitrogens with one attached hydrogen (secondary N) is 1. The first-order chi connectivity index (χ1) is 7.95. The summed E-state index contributed by atoms with van der Waals surface area (Å²) in [6, 6.07) is 1.53. The number of nitrogens with zero attached hydrogens (tertiary/aromatic N) is 1. The Hall–Kier alpha value is -1.65. The highest BCUT2D eigenvalue weighted by Gasteiger charge is 2.27. The highest BCUT2D eigenvalue weighted by molar-refractivity contribution is 5.75. The number of aromatic amines is 1. The van der Waals surface area contributed by atoms with Gasteiger partial charge in [-0.3, -0.25) is 9.59 Å². The number of carbonyl (C=O) groups is 1. The summed E-state index contributed by atoms with van der Waals surface area (Å²) in [5, 5.41) is 6.05. The Morgan fingerprint density at radius 2 is 2.24 bits per heavy atom. The topological polar surface area (TPSA) is 72.0 Å². The Labute approximate surface area is 100 Å². The van der Waals surface area contributed by atoms with Crippen molar-refractivity contribution in [3.05, 3.63) is 28.2 Å². The minimum Gasteiger partial charge on any atom is -0.469 e. The van der Waals surface area contributed by atoms with Crippen molar-refractivity contribution in [3.8, 4) is 0 Å². The normalized spacial score (nSPS) is 11.2. The molecule has 1 aromatic rings. The summed E-state index contributed by atoms with van der Waals surface area (Å²) >= 11 is 0. The first kappa shape index (κ1) is 13.4. The number of rotatable bonds is 5. The molecule has 0 saturated heterocycles. The van der Waals surface area contributed by atoms with Gasteiger partial charge >= 0.3 is 5.97 Å². The molecule has 0 fully saturated rings. The fourth-order valence-electron chi connectivity index (χ4n) is 1.67. The van der Waals surface area contributed by atoms with E-state index in [1.807, 2.05) is 13.8 Å². The molecule has 1 aromatic heterocycles. The Kier molecular flexibility index (Phi) is 4.43. The summed E-state index contributed by atoms with van der Waals surface area (Å²) in [4.78, 5) is 22.5. The zero-order valence-electron chi connectivity index (χ0n) is 10.4. The van der Waals surface area contributed by atoms with Gasteiger partial charge in [-0.2, -0.15) is 5.10 Å². The van der Waals surface area contributed by atoms with Crippen LogP contribution >= 0.6 is 0 Å². The molecule has 0 radical (unpaired) electrons. The quantitative estimate of drug-likeness (QED) is 0.785. The minimum absolute atomic E-state index is 0.199. The number of H-pyrrole nitrogens is 1. The number of carbonyl (C=O) groups excluding carboxylic acids is 1. The number of aryl methyl sites for hydroxylation is 1. The van der Waals surface area contributed by atoms with E-state index in [0.29, 0.717) is 6.42 Å². The zero-order valence-corrected chi connectivity index (χ0v) is 10.4. The van der Waals surface area contributed by atoms with Crippen LogP contribution in [0.3, 0.4) is 0 Å². The lowest BCUT2D eigenvalue weighted by Gasteiger charge is -2.20. The summed E-state index contributed by atoms with van der Waals surface area (Å²) in [6.45, 7) is 3.71. The first-order valence-electron chi connectivity index (χ1n) is 5.58. The van der Waals surface area contributed by atoms with Crippen molar-refractivity contribution in [2.24, 2.45) is 5.41 Å². The molecule has 1 N–H and O–H groups in total.